The molecule has 0 spiro atoms. The molecule has 0 aromatic heterocycles. The highest BCUT2D eigenvalue weighted by atomic mass is 32.2. The van der Waals surface area contributed by atoms with Crippen molar-refractivity contribution in [2.45, 2.75) is 108 Å². The first kappa shape index (κ1) is 25.4. The number of alkyl halides is 1. The van der Waals surface area contributed by atoms with Gasteiger partial charge in [0.15, 0.2) is 5.96 Å². The average Bonchev–Trinajstić information content (AvgIpc) is 3.15. The van der Waals surface area contributed by atoms with Crippen LogP contribution in [0.3, 0.4) is 0 Å². The van der Waals surface area contributed by atoms with Crippen molar-refractivity contribution in [3.8, 4) is 0 Å². The Hall–Kier alpha value is -1.26. The first-order valence-electron chi connectivity index (χ1n) is 11.9. The molecule has 0 aromatic rings. The summed E-state index contributed by atoms with van der Waals surface area (Å²) in [6.07, 6.45) is 6.41. The van der Waals surface area contributed by atoms with Crippen LogP contribution in [0.25, 0.3) is 0 Å². The number of rotatable bonds is 4. The van der Waals surface area contributed by atoms with Gasteiger partial charge in [0.25, 0.3) is 0 Å². The molecule has 3 aliphatic rings. The van der Waals surface area contributed by atoms with Crippen LogP contribution in [0.5, 0.6) is 0 Å². The summed E-state index contributed by atoms with van der Waals surface area (Å²) >= 11 is 0. The van der Waals surface area contributed by atoms with Crippen molar-refractivity contribution >= 4 is 21.7 Å². The van der Waals surface area contributed by atoms with E-state index in [2.05, 4.69) is 21.5 Å². The molecule has 3 fully saturated rings. The van der Waals surface area contributed by atoms with Crippen LogP contribution < -0.4 is 21.5 Å². The van der Waals surface area contributed by atoms with Gasteiger partial charge < -0.3 is 5.32 Å². The zero-order chi connectivity index (χ0) is 23.5. The van der Waals surface area contributed by atoms with Crippen molar-refractivity contribution in [1.82, 2.24) is 21.5 Å². The molecule has 2 saturated carbocycles. The normalized spacial score (nSPS) is 34.8. The van der Waals surface area contributed by atoms with Gasteiger partial charge in [0, 0.05) is 30.2 Å². The van der Waals surface area contributed by atoms with Crippen LogP contribution in [0.15, 0.2) is 4.99 Å². The van der Waals surface area contributed by atoms with E-state index in [1.165, 1.54) is 6.26 Å². The third kappa shape index (κ3) is 7.38. The summed E-state index contributed by atoms with van der Waals surface area (Å²) in [5, 5.41) is 5.91. The number of hydrogen-bond acceptors (Lipinski definition) is 6. The summed E-state index contributed by atoms with van der Waals surface area (Å²) in [7, 11) is -3.06. The van der Waals surface area contributed by atoms with Crippen molar-refractivity contribution in [3.63, 3.8) is 0 Å². The number of guanidine groups is 1. The number of amides is 1. The molecule has 0 radical (unpaired) electrons. The van der Waals surface area contributed by atoms with Crippen LogP contribution in [-0.4, -0.2) is 55.7 Å². The molecular weight excluding hydrogens is 433 g/mol. The Morgan fingerprint density at radius 3 is 2.19 bits per heavy atom. The van der Waals surface area contributed by atoms with Crippen LogP contribution in [0, 0.1) is 11.8 Å². The molecule has 3 rings (SSSR count). The molecular formula is C22H40FN5O3S. The van der Waals surface area contributed by atoms with Crippen molar-refractivity contribution in [2.24, 2.45) is 16.8 Å². The lowest BCUT2D eigenvalue weighted by molar-refractivity contribution is -0.124. The van der Waals surface area contributed by atoms with Crippen LogP contribution in [0.1, 0.15) is 78.6 Å². The molecule has 2 aliphatic carbocycles. The fourth-order valence-electron chi connectivity index (χ4n) is 5.02. The topological polar surface area (TPSA) is 112 Å². The zero-order valence-corrected chi connectivity index (χ0v) is 20.6. The monoisotopic (exact) mass is 473 g/mol. The molecule has 8 nitrogen and oxygen atoms in total. The Balaban J connectivity index is 1.59. The van der Waals surface area contributed by atoms with Crippen molar-refractivity contribution in [3.05, 3.63) is 0 Å². The summed E-state index contributed by atoms with van der Waals surface area (Å²) in [5.74, 6) is 0.544. The fourth-order valence-corrected chi connectivity index (χ4v) is 6.15. The number of nitrogens with one attached hydrogen (secondary N) is 4. The maximum Gasteiger partial charge on any atom is 0.229 e. The van der Waals surface area contributed by atoms with E-state index in [0.717, 1.165) is 19.3 Å². The molecule has 2 unspecified atom stereocenters. The van der Waals surface area contributed by atoms with Crippen LogP contribution in [0.2, 0.25) is 0 Å². The van der Waals surface area contributed by atoms with Gasteiger partial charge in [-0.05, 0) is 78.1 Å². The van der Waals surface area contributed by atoms with Crippen LogP contribution >= 0.6 is 0 Å². The number of nitrogens with zero attached hydrogens (tertiary/aromatic N) is 1. The molecule has 0 bridgehead atoms. The Morgan fingerprint density at radius 2 is 1.62 bits per heavy atom. The summed E-state index contributed by atoms with van der Waals surface area (Å²) in [6, 6.07) is 0.245. The average molecular weight is 474 g/mol. The SMILES string of the molecule is CC(C)(C)N/C(=N\C1CC(C2CCC(F)CC2)NN1)NC(=O)C1CCC(S(C)(=O)=O)CC1. The molecule has 0 aromatic carbocycles. The number of hydrogen-bond donors (Lipinski definition) is 4. The lowest BCUT2D eigenvalue weighted by Crippen LogP contribution is -2.52. The minimum Gasteiger partial charge on any atom is -0.351 e. The minimum absolute atomic E-state index is 0.115. The first-order valence-corrected chi connectivity index (χ1v) is 13.9. The summed E-state index contributed by atoms with van der Waals surface area (Å²) in [4.78, 5) is 17.7. The third-order valence-electron chi connectivity index (χ3n) is 6.85. The molecule has 1 aliphatic heterocycles. The van der Waals surface area contributed by atoms with E-state index in [9.17, 15) is 17.6 Å². The lowest BCUT2D eigenvalue weighted by Gasteiger charge is -2.29. The van der Waals surface area contributed by atoms with Crippen LogP contribution in [0.4, 0.5) is 4.39 Å². The van der Waals surface area contributed by atoms with Crippen molar-refractivity contribution in [2.75, 3.05) is 6.26 Å². The van der Waals surface area contributed by atoms with Gasteiger partial charge in [0.2, 0.25) is 5.91 Å². The Bertz CT molecular complexity index is 782. The van der Waals surface area contributed by atoms with Crippen LogP contribution in [-0.2, 0) is 14.6 Å². The van der Waals surface area contributed by atoms with Crippen molar-refractivity contribution in [1.29, 1.82) is 0 Å². The molecule has 1 amide bonds. The van der Waals surface area contributed by atoms with E-state index in [-0.39, 0.29) is 34.8 Å². The zero-order valence-electron chi connectivity index (χ0n) is 19.8. The number of carbonyl (C=O) groups is 1. The molecule has 2 atom stereocenters. The molecule has 184 valence electrons. The molecule has 1 saturated heterocycles. The maximum absolute atomic E-state index is 13.5. The minimum atomic E-state index is -3.06. The number of halogens is 1. The van der Waals surface area contributed by atoms with Crippen molar-refractivity contribution < 1.29 is 17.6 Å². The Kier molecular flexibility index (Phi) is 8.20. The largest absolute Gasteiger partial charge is 0.351 e. The van der Waals surface area contributed by atoms with E-state index in [0.29, 0.717) is 50.4 Å². The quantitative estimate of drug-likeness (QED) is 0.368. The van der Waals surface area contributed by atoms with Gasteiger partial charge in [0.05, 0.1) is 5.25 Å². The second kappa shape index (κ2) is 10.3. The van der Waals surface area contributed by atoms with E-state index in [1.807, 2.05) is 20.8 Å². The Labute approximate surface area is 191 Å². The summed E-state index contributed by atoms with van der Waals surface area (Å²) < 4.78 is 37.0. The first-order chi connectivity index (χ1) is 14.9. The number of aliphatic imine (C=N–C) groups is 1. The predicted molar refractivity (Wildman–Crippen MR) is 124 cm³/mol. The standard InChI is InChI=1S/C22H40FN5O3S/c1-22(2,3)26-21(25-20(29)15-7-11-17(12-8-15)32(4,30)31)24-19-13-18(27-28-19)14-5-9-16(23)10-6-14/h14-19,27-28H,5-13H2,1-4H3,(H2,24,25,26,29). The highest BCUT2D eigenvalue weighted by molar-refractivity contribution is 7.91. The lowest BCUT2D eigenvalue weighted by atomic mass is 9.82. The van der Waals surface area contributed by atoms with E-state index in [1.54, 1.807) is 0 Å². The highest BCUT2D eigenvalue weighted by Crippen LogP contribution is 2.31. The van der Waals surface area contributed by atoms with Gasteiger partial charge in [-0.2, -0.15) is 0 Å². The van der Waals surface area contributed by atoms with Gasteiger partial charge in [-0.25, -0.2) is 23.2 Å². The summed E-state index contributed by atoms with van der Waals surface area (Å²) in [6.45, 7) is 6.01. The van der Waals surface area contributed by atoms with Gasteiger partial charge in [0.1, 0.15) is 22.2 Å². The molecule has 32 heavy (non-hydrogen) atoms. The molecule has 10 heteroatoms. The Morgan fingerprint density at radius 1 is 1.00 bits per heavy atom. The predicted octanol–water partition coefficient (Wildman–Crippen LogP) is 2.17. The number of sulfone groups is 1. The fraction of sp³-hybridized carbons (Fsp3) is 0.909. The number of hydrazine groups is 1. The van der Waals surface area contributed by atoms with Gasteiger partial charge in [-0.1, -0.05) is 0 Å². The van der Waals surface area contributed by atoms with Gasteiger partial charge >= 0.3 is 0 Å². The highest BCUT2D eigenvalue weighted by Gasteiger charge is 2.34. The van der Waals surface area contributed by atoms with Gasteiger partial charge in [-0.3, -0.25) is 15.5 Å². The second-order valence-electron chi connectivity index (χ2n) is 10.8. The van der Waals surface area contributed by atoms with E-state index >= 15 is 0 Å². The summed E-state index contributed by atoms with van der Waals surface area (Å²) in [5.41, 5.74) is 6.25. The van der Waals surface area contributed by atoms with E-state index in [4.69, 9.17) is 4.99 Å². The van der Waals surface area contributed by atoms with Gasteiger partial charge in [-0.15, -0.1) is 0 Å². The van der Waals surface area contributed by atoms with E-state index < -0.39 is 16.0 Å². The maximum atomic E-state index is 13.5. The third-order valence-corrected chi connectivity index (χ3v) is 8.54. The second-order valence-corrected chi connectivity index (χ2v) is 13.1. The smallest absolute Gasteiger partial charge is 0.229 e. The molecule has 4 N–H and O–H groups in total. The number of carbonyl (C=O) groups excluding carboxylic acids is 1. The molecule has 1 heterocycles.